The highest BCUT2D eigenvalue weighted by atomic mass is 32.1. The van der Waals surface area contributed by atoms with E-state index < -0.39 is 0 Å². The zero-order valence-electron chi connectivity index (χ0n) is 10.3. The van der Waals surface area contributed by atoms with Crippen LogP contribution in [0.3, 0.4) is 0 Å². The van der Waals surface area contributed by atoms with Gasteiger partial charge in [0.2, 0.25) is 0 Å². The lowest BCUT2D eigenvalue weighted by Crippen LogP contribution is -1.78. The number of thiazole rings is 1. The lowest BCUT2D eigenvalue weighted by Gasteiger charge is -1.92. The Morgan fingerprint density at radius 2 is 2.21 bits per heavy atom. The first-order valence-corrected chi connectivity index (χ1v) is 6.67. The van der Waals surface area contributed by atoms with E-state index >= 15 is 0 Å². The molecule has 4 nitrogen and oxygen atoms in total. The number of benzene rings is 1. The number of aryl methyl sites for hydroxylation is 1. The summed E-state index contributed by atoms with van der Waals surface area (Å²) in [6.45, 7) is 1.98. The second kappa shape index (κ2) is 4.78. The minimum Gasteiger partial charge on any atom is -0.298 e. The van der Waals surface area contributed by atoms with Crippen molar-refractivity contribution >= 4 is 40.7 Å². The summed E-state index contributed by atoms with van der Waals surface area (Å²) in [5.74, 6) is 0. The second-order valence-electron chi connectivity index (χ2n) is 4.17. The van der Waals surface area contributed by atoms with Crippen molar-refractivity contribution in [1.29, 1.82) is 0 Å². The monoisotopic (exact) mass is 269 g/mol. The third kappa shape index (κ3) is 2.20. The molecule has 5 heteroatoms. The molecule has 2 aromatic heterocycles. The van der Waals surface area contributed by atoms with Crippen LogP contribution >= 0.6 is 11.3 Å². The van der Waals surface area contributed by atoms with E-state index in [1.54, 1.807) is 23.5 Å². The summed E-state index contributed by atoms with van der Waals surface area (Å²) in [5, 5.41) is 8.20. The van der Waals surface area contributed by atoms with Gasteiger partial charge in [-0.2, -0.15) is 5.10 Å². The minimum atomic E-state index is 0.644. The van der Waals surface area contributed by atoms with E-state index in [-0.39, 0.29) is 0 Å². The molecular formula is C14H11N3OS. The van der Waals surface area contributed by atoms with Gasteiger partial charge >= 0.3 is 0 Å². The Balaban J connectivity index is 2.00. The van der Waals surface area contributed by atoms with Crippen molar-refractivity contribution in [2.45, 2.75) is 6.92 Å². The Hall–Kier alpha value is -2.27. The first-order valence-electron chi connectivity index (χ1n) is 5.79. The number of aromatic amines is 1. The molecule has 2 heterocycles. The van der Waals surface area contributed by atoms with E-state index in [1.165, 1.54) is 0 Å². The third-order valence-corrected chi connectivity index (χ3v) is 3.82. The number of nitrogens with zero attached hydrogens (tertiary/aromatic N) is 2. The molecule has 0 aliphatic carbocycles. The van der Waals surface area contributed by atoms with Crippen molar-refractivity contribution in [2.24, 2.45) is 0 Å². The first-order chi connectivity index (χ1) is 9.28. The van der Waals surface area contributed by atoms with Crippen LogP contribution in [-0.2, 0) is 0 Å². The molecule has 0 unspecified atom stereocenters. The van der Waals surface area contributed by atoms with Gasteiger partial charge in [0.1, 0.15) is 6.29 Å². The molecule has 3 rings (SSSR count). The largest absolute Gasteiger partial charge is 0.298 e. The molecule has 0 bridgehead atoms. The van der Waals surface area contributed by atoms with Crippen molar-refractivity contribution in [3.8, 4) is 0 Å². The normalized spacial score (nSPS) is 11.4. The predicted octanol–water partition coefficient (Wildman–Crippen LogP) is 3.31. The van der Waals surface area contributed by atoms with Gasteiger partial charge in [-0.1, -0.05) is 6.07 Å². The van der Waals surface area contributed by atoms with Crippen LogP contribution in [-0.4, -0.2) is 21.5 Å². The Kier molecular flexibility index (Phi) is 2.97. The Morgan fingerprint density at radius 1 is 1.32 bits per heavy atom. The minimum absolute atomic E-state index is 0.644. The fraction of sp³-hybridized carbons (Fsp3) is 0.0714. The number of hydrogen-bond acceptors (Lipinski definition) is 4. The average Bonchev–Trinajstić information content (AvgIpc) is 3.02. The van der Waals surface area contributed by atoms with Crippen molar-refractivity contribution < 1.29 is 4.79 Å². The number of rotatable bonds is 3. The molecule has 1 aromatic carbocycles. The van der Waals surface area contributed by atoms with Crippen LogP contribution in [0.4, 0.5) is 0 Å². The van der Waals surface area contributed by atoms with Gasteiger partial charge in [0, 0.05) is 15.8 Å². The Morgan fingerprint density at radius 3 is 2.95 bits per heavy atom. The van der Waals surface area contributed by atoms with Crippen molar-refractivity contribution in [3.05, 3.63) is 45.5 Å². The first kappa shape index (κ1) is 11.8. The SMILES string of the molecule is Cc1ncsc1/C=C/c1n[nH]c2cc(C=O)ccc12. The van der Waals surface area contributed by atoms with E-state index in [9.17, 15) is 4.79 Å². The molecule has 0 amide bonds. The topological polar surface area (TPSA) is 58.6 Å². The molecule has 94 valence electrons. The van der Waals surface area contributed by atoms with Gasteiger partial charge < -0.3 is 0 Å². The van der Waals surface area contributed by atoms with Gasteiger partial charge in [-0.05, 0) is 31.2 Å². The van der Waals surface area contributed by atoms with Gasteiger partial charge in [-0.15, -0.1) is 11.3 Å². The molecule has 0 aliphatic rings. The number of fused-ring (bicyclic) bond motifs is 1. The molecule has 0 aliphatic heterocycles. The lowest BCUT2D eigenvalue weighted by molar-refractivity contribution is 0.112. The van der Waals surface area contributed by atoms with Gasteiger partial charge in [0.15, 0.2) is 0 Å². The van der Waals surface area contributed by atoms with Crippen LogP contribution < -0.4 is 0 Å². The molecular weight excluding hydrogens is 258 g/mol. The summed E-state index contributed by atoms with van der Waals surface area (Å²) in [6.07, 6.45) is 4.80. The number of nitrogens with one attached hydrogen (secondary N) is 1. The quantitative estimate of drug-likeness (QED) is 0.742. The lowest BCUT2D eigenvalue weighted by atomic mass is 10.1. The van der Waals surface area contributed by atoms with Crippen LogP contribution in [0.25, 0.3) is 23.1 Å². The molecule has 0 spiro atoms. The van der Waals surface area contributed by atoms with E-state index in [0.717, 1.165) is 33.5 Å². The van der Waals surface area contributed by atoms with Crippen LogP contribution in [0.15, 0.2) is 23.7 Å². The molecule has 0 saturated heterocycles. The summed E-state index contributed by atoms with van der Waals surface area (Å²) < 4.78 is 0. The number of aldehydes is 1. The summed E-state index contributed by atoms with van der Waals surface area (Å²) in [4.78, 5) is 16.0. The number of H-pyrrole nitrogens is 1. The standard InChI is InChI=1S/C14H11N3OS/c1-9-14(19-8-15-9)5-4-12-11-3-2-10(7-18)6-13(11)17-16-12/h2-8H,1H3,(H,16,17)/b5-4+. The smallest absolute Gasteiger partial charge is 0.150 e. The Labute approximate surface area is 113 Å². The van der Waals surface area contributed by atoms with Gasteiger partial charge in [0.25, 0.3) is 0 Å². The average molecular weight is 269 g/mol. The summed E-state index contributed by atoms with van der Waals surface area (Å²) in [7, 11) is 0. The van der Waals surface area contributed by atoms with Crippen LogP contribution in [0.1, 0.15) is 26.6 Å². The van der Waals surface area contributed by atoms with Crippen molar-refractivity contribution in [2.75, 3.05) is 0 Å². The molecule has 19 heavy (non-hydrogen) atoms. The highest BCUT2D eigenvalue weighted by Gasteiger charge is 2.04. The number of carbonyl (C=O) groups is 1. The summed E-state index contributed by atoms with van der Waals surface area (Å²) in [6, 6.07) is 5.49. The van der Waals surface area contributed by atoms with Crippen LogP contribution in [0.2, 0.25) is 0 Å². The van der Waals surface area contributed by atoms with E-state index in [2.05, 4.69) is 15.2 Å². The summed E-state index contributed by atoms with van der Waals surface area (Å²) in [5.41, 5.74) is 5.22. The predicted molar refractivity (Wildman–Crippen MR) is 77.3 cm³/mol. The fourth-order valence-corrected chi connectivity index (χ4v) is 2.58. The molecule has 0 atom stereocenters. The highest BCUT2D eigenvalue weighted by Crippen LogP contribution is 2.21. The van der Waals surface area contributed by atoms with Gasteiger partial charge in [-0.25, -0.2) is 4.98 Å². The zero-order valence-corrected chi connectivity index (χ0v) is 11.1. The maximum atomic E-state index is 10.7. The Bertz CT molecular complexity index is 770. The van der Waals surface area contributed by atoms with Gasteiger partial charge in [0.05, 0.1) is 22.4 Å². The zero-order chi connectivity index (χ0) is 13.2. The van der Waals surface area contributed by atoms with Crippen LogP contribution in [0, 0.1) is 6.92 Å². The number of hydrogen-bond donors (Lipinski definition) is 1. The van der Waals surface area contributed by atoms with E-state index in [4.69, 9.17) is 0 Å². The molecule has 3 aromatic rings. The maximum Gasteiger partial charge on any atom is 0.150 e. The molecule has 0 fully saturated rings. The second-order valence-corrected chi connectivity index (χ2v) is 5.05. The summed E-state index contributed by atoms with van der Waals surface area (Å²) >= 11 is 1.60. The highest BCUT2D eigenvalue weighted by molar-refractivity contribution is 7.10. The van der Waals surface area contributed by atoms with Crippen molar-refractivity contribution in [1.82, 2.24) is 15.2 Å². The fourth-order valence-electron chi connectivity index (χ4n) is 1.88. The molecule has 1 N–H and O–H groups in total. The maximum absolute atomic E-state index is 10.7. The van der Waals surface area contributed by atoms with Crippen LogP contribution in [0.5, 0.6) is 0 Å². The molecule has 0 radical (unpaired) electrons. The number of carbonyl (C=O) groups excluding carboxylic acids is 1. The van der Waals surface area contributed by atoms with E-state index in [1.807, 2.05) is 30.7 Å². The molecule has 0 saturated carbocycles. The van der Waals surface area contributed by atoms with Gasteiger partial charge in [-0.3, -0.25) is 9.89 Å². The van der Waals surface area contributed by atoms with E-state index in [0.29, 0.717) is 5.56 Å². The van der Waals surface area contributed by atoms with Crippen molar-refractivity contribution in [3.63, 3.8) is 0 Å². The third-order valence-electron chi connectivity index (χ3n) is 2.93. The number of aromatic nitrogens is 3.